The summed E-state index contributed by atoms with van der Waals surface area (Å²) < 4.78 is 39.0. The van der Waals surface area contributed by atoms with Gasteiger partial charge in [-0.05, 0) is 61.9 Å². The molecule has 2 amide bonds. The number of amides is 2. The van der Waals surface area contributed by atoms with E-state index < -0.39 is 29.3 Å². The number of nitrogens with zero attached hydrogens (tertiary/aromatic N) is 3. The Morgan fingerprint density at radius 3 is 2.62 bits per heavy atom. The van der Waals surface area contributed by atoms with Crippen molar-refractivity contribution < 1.29 is 27.9 Å². The molecule has 4 rings (SSSR count). The molecular weight excluding hydrogens is 509 g/mol. The van der Waals surface area contributed by atoms with Crippen LogP contribution in [0.15, 0.2) is 36.7 Å². The molecule has 3 aromatic rings. The first kappa shape index (κ1) is 26.5. The number of rotatable bonds is 7. The summed E-state index contributed by atoms with van der Waals surface area (Å²) >= 11 is 1.33. The predicted molar refractivity (Wildman–Crippen MR) is 131 cm³/mol. The number of primary amides is 1. The zero-order valence-corrected chi connectivity index (χ0v) is 20.6. The first-order chi connectivity index (χ1) is 17.4. The standard InChI is InChI=1S/C24H25F3N6O3S/c1-13-8-14(10-16(9-13)32-22-29-7-4-18(33-22)24(25,26)27)17-12-30-21(37-17)23(36)5-2-15(3-6-23)31-20(35)11-19(28)34/h4,7-10,12,15,36H,2-3,5-6,11H2,1H3,(H2,28,34)(H,31,35)(H,29,32,33)/t15-,23-. The highest BCUT2D eigenvalue weighted by molar-refractivity contribution is 7.15. The van der Waals surface area contributed by atoms with E-state index in [2.05, 4.69) is 25.6 Å². The molecule has 13 heteroatoms. The number of carbonyl (C=O) groups is 2. The van der Waals surface area contributed by atoms with Crippen LogP contribution in [0.4, 0.5) is 24.8 Å². The molecule has 5 N–H and O–H groups in total. The van der Waals surface area contributed by atoms with Crippen LogP contribution in [0.2, 0.25) is 0 Å². The van der Waals surface area contributed by atoms with Gasteiger partial charge in [-0.15, -0.1) is 11.3 Å². The van der Waals surface area contributed by atoms with Crippen molar-refractivity contribution in [1.29, 1.82) is 0 Å². The van der Waals surface area contributed by atoms with E-state index in [9.17, 15) is 27.9 Å². The molecule has 0 aliphatic heterocycles. The number of anilines is 2. The average Bonchev–Trinajstić information content (AvgIpc) is 3.31. The number of aryl methyl sites for hydroxylation is 1. The van der Waals surface area contributed by atoms with Gasteiger partial charge in [-0.1, -0.05) is 6.07 Å². The Balaban J connectivity index is 1.47. The highest BCUT2D eigenvalue weighted by Crippen LogP contribution is 2.41. The number of aromatic nitrogens is 3. The summed E-state index contributed by atoms with van der Waals surface area (Å²) in [6.45, 7) is 1.85. The third-order valence-electron chi connectivity index (χ3n) is 5.98. The number of hydrogen-bond donors (Lipinski definition) is 4. The fourth-order valence-electron chi connectivity index (χ4n) is 4.22. The third-order valence-corrected chi connectivity index (χ3v) is 7.22. The number of aliphatic hydroxyl groups is 1. The number of benzene rings is 1. The molecule has 0 atom stereocenters. The summed E-state index contributed by atoms with van der Waals surface area (Å²) in [5.41, 5.74) is 5.00. The maximum Gasteiger partial charge on any atom is 0.433 e. The third kappa shape index (κ3) is 6.60. The topological polar surface area (TPSA) is 143 Å². The minimum absolute atomic E-state index is 0.157. The minimum atomic E-state index is -4.58. The van der Waals surface area contributed by atoms with Crippen molar-refractivity contribution >= 4 is 34.8 Å². The lowest BCUT2D eigenvalue weighted by Crippen LogP contribution is -2.43. The Hall–Kier alpha value is -3.58. The smallest absolute Gasteiger partial charge is 0.383 e. The van der Waals surface area contributed by atoms with Gasteiger partial charge >= 0.3 is 6.18 Å². The van der Waals surface area contributed by atoms with E-state index in [-0.39, 0.29) is 18.4 Å². The van der Waals surface area contributed by atoms with Gasteiger partial charge in [-0.25, -0.2) is 15.0 Å². The Kier molecular flexibility index (Phi) is 7.46. The number of nitrogens with two attached hydrogens (primary N) is 1. The summed E-state index contributed by atoms with van der Waals surface area (Å²) in [6.07, 6.45) is -0.448. The Bertz CT molecular complexity index is 1300. The monoisotopic (exact) mass is 534 g/mol. The Morgan fingerprint density at radius 2 is 1.95 bits per heavy atom. The van der Waals surface area contributed by atoms with Crippen LogP contribution in [-0.2, 0) is 21.4 Å². The summed E-state index contributed by atoms with van der Waals surface area (Å²) in [5, 5.41) is 17.4. The summed E-state index contributed by atoms with van der Waals surface area (Å²) in [4.78, 5) is 35.3. The van der Waals surface area contributed by atoms with Gasteiger partial charge in [0.05, 0.1) is 4.88 Å². The van der Waals surface area contributed by atoms with Crippen molar-refractivity contribution in [2.75, 3.05) is 5.32 Å². The average molecular weight is 535 g/mol. The van der Waals surface area contributed by atoms with E-state index in [1.165, 1.54) is 11.3 Å². The van der Waals surface area contributed by atoms with Crippen molar-refractivity contribution in [3.05, 3.63) is 52.9 Å². The molecule has 1 aliphatic carbocycles. The number of alkyl halides is 3. The molecule has 1 aromatic carbocycles. The van der Waals surface area contributed by atoms with Gasteiger partial charge < -0.3 is 21.5 Å². The molecule has 0 unspecified atom stereocenters. The summed E-state index contributed by atoms with van der Waals surface area (Å²) in [6, 6.07) is 6.07. The number of carbonyl (C=O) groups excluding carboxylic acids is 2. The van der Waals surface area contributed by atoms with Crippen molar-refractivity contribution in [1.82, 2.24) is 20.3 Å². The fraction of sp³-hybridized carbons (Fsp3) is 0.375. The molecule has 1 aliphatic rings. The molecular formula is C24H25F3N6O3S. The van der Waals surface area contributed by atoms with Crippen LogP contribution in [0.3, 0.4) is 0 Å². The lowest BCUT2D eigenvalue weighted by Gasteiger charge is -2.34. The van der Waals surface area contributed by atoms with E-state index in [4.69, 9.17) is 5.73 Å². The molecule has 1 saturated carbocycles. The van der Waals surface area contributed by atoms with E-state index in [1.807, 2.05) is 13.0 Å². The summed E-state index contributed by atoms with van der Waals surface area (Å²) in [5.74, 6) is -1.30. The lowest BCUT2D eigenvalue weighted by molar-refractivity contribution is -0.141. The van der Waals surface area contributed by atoms with Gasteiger partial charge in [-0.3, -0.25) is 9.59 Å². The highest BCUT2D eigenvalue weighted by atomic mass is 32.1. The van der Waals surface area contributed by atoms with Crippen LogP contribution < -0.4 is 16.4 Å². The van der Waals surface area contributed by atoms with Crippen LogP contribution in [0.1, 0.15) is 48.4 Å². The molecule has 2 heterocycles. The zero-order chi connectivity index (χ0) is 26.8. The number of nitrogens with one attached hydrogen (secondary N) is 2. The molecule has 1 fully saturated rings. The normalized spacial score (nSPS) is 19.9. The van der Waals surface area contributed by atoms with E-state index in [0.717, 1.165) is 28.3 Å². The molecule has 0 saturated heterocycles. The molecule has 0 bridgehead atoms. The van der Waals surface area contributed by atoms with E-state index in [0.29, 0.717) is 36.4 Å². The van der Waals surface area contributed by atoms with E-state index >= 15 is 0 Å². The van der Waals surface area contributed by atoms with Crippen LogP contribution >= 0.6 is 11.3 Å². The second-order valence-corrected chi connectivity index (χ2v) is 10.1. The van der Waals surface area contributed by atoms with Crippen LogP contribution in [-0.4, -0.2) is 37.9 Å². The first-order valence-corrected chi connectivity index (χ1v) is 12.3. The second kappa shape index (κ2) is 10.4. The molecule has 196 valence electrons. The maximum atomic E-state index is 13.0. The van der Waals surface area contributed by atoms with Gasteiger partial charge in [0.15, 0.2) is 0 Å². The number of hydrogen-bond acceptors (Lipinski definition) is 8. The largest absolute Gasteiger partial charge is 0.433 e. The maximum absolute atomic E-state index is 13.0. The fourth-order valence-corrected chi connectivity index (χ4v) is 5.27. The molecule has 0 spiro atoms. The van der Waals surface area contributed by atoms with E-state index in [1.54, 1.807) is 18.3 Å². The SMILES string of the molecule is Cc1cc(Nc2nccc(C(F)(F)F)n2)cc(-c2cnc([C@]3(O)CC[C@H](NC(=O)CC(N)=O)CC3)s2)c1. The second-order valence-electron chi connectivity index (χ2n) is 9.02. The van der Waals surface area contributed by atoms with Gasteiger partial charge in [0.2, 0.25) is 17.8 Å². The number of thiazole rings is 1. The Morgan fingerprint density at radius 1 is 1.22 bits per heavy atom. The highest BCUT2D eigenvalue weighted by Gasteiger charge is 2.38. The van der Waals surface area contributed by atoms with Gasteiger partial charge in [0, 0.05) is 24.1 Å². The van der Waals surface area contributed by atoms with Gasteiger partial charge in [0.1, 0.15) is 22.7 Å². The summed E-state index contributed by atoms with van der Waals surface area (Å²) in [7, 11) is 0. The van der Waals surface area contributed by atoms with Gasteiger partial charge in [0.25, 0.3) is 0 Å². The quantitative estimate of drug-likeness (QED) is 0.338. The molecule has 37 heavy (non-hydrogen) atoms. The van der Waals surface area contributed by atoms with Crippen molar-refractivity contribution in [3.63, 3.8) is 0 Å². The van der Waals surface area contributed by atoms with Crippen molar-refractivity contribution in [2.24, 2.45) is 5.73 Å². The van der Waals surface area contributed by atoms with Crippen molar-refractivity contribution in [2.45, 2.75) is 56.8 Å². The van der Waals surface area contributed by atoms with Crippen LogP contribution in [0.5, 0.6) is 0 Å². The molecule has 9 nitrogen and oxygen atoms in total. The predicted octanol–water partition coefficient (Wildman–Crippen LogP) is 3.79. The van der Waals surface area contributed by atoms with Gasteiger partial charge in [-0.2, -0.15) is 13.2 Å². The molecule has 2 aromatic heterocycles. The number of halogens is 3. The zero-order valence-electron chi connectivity index (χ0n) is 19.8. The first-order valence-electron chi connectivity index (χ1n) is 11.5. The minimum Gasteiger partial charge on any atom is -0.383 e. The van der Waals surface area contributed by atoms with Crippen molar-refractivity contribution in [3.8, 4) is 10.4 Å². The lowest BCUT2D eigenvalue weighted by atomic mass is 9.82. The van der Waals surface area contributed by atoms with Crippen LogP contribution in [0.25, 0.3) is 10.4 Å². The van der Waals surface area contributed by atoms with Crippen LogP contribution in [0, 0.1) is 6.92 Å². The Labute approximate surface area is 214 Å². The molecule has 0 radical (unpaired) electrons.